The molecule has 0 bridgehead atoms. The van der Waals surface area contributed by atoms with Gasteiger partial charge in [-0.1, -0.05) is 30.0 Å². The predicted octanol–water partition coefficient (Wildman–Crippen LogP) is 3.00. The van der Waals surface area contributed by atoms with Crippen LogP contribution in [-0.4, -0.2) is 12.1 Å². The molecular formula is C12H12O2S. The monoisotopic (exact) mass is 220 g/mol. The van der Waals surface area contributed by atoms with Crippen LogP contribution in [0.15, 0.2) is 46.2 Å². The van der Waals surface area contributed by atoms with Gasteiger partial charge >= 0.3 is 5.97 Å². The molecule has 1 atom stereocenters. The minimum Gasteiger partial charge on any atom is -0.459 e. The zero-order chi connectivity index (χ0) is 10.7. The number of esters is 1. The Morgan fingerprint density at radius 2 is 2.13 bits per heavy atom. The van der Waals surface area contributed by atoms with Crippen molar-refractivity contribution in [1.29, 1.82) is 0 Å². The molecule has 1 saturated heterocycles. The van der Waals surface area contributed by atoms with Crippen LogP contribution in [0.3, 0.4) is 0 Å². The van der Waals surface area contributed by atoms with Crippen LogP contribution >= 0.6 is 11.8 Å². The lowest BCUT2D eigenvalue weighted by molar-refractivity contribution is -0.138. The number of hydrogen-bond donors (Lipinski definition) is 0. The van der Waals surface area contributed by atoms with Crippen LogP contribution in [0.25, 0.3) is 0 Å². The summed E-state index contributed by atoms with van der Waals surface area (Å²) < 4.78 is 5.04. The molecule has 2 rings (SSSR count). The summed E-state index contributed by atoms with van der Waals surface area (Å²) in [4.78, 5) is 12.4. The van der Waals surface area contributed by atoms with E-state index in [0.29, 0.717) is 0 Å². The van der Waals surface area contributed by atoms with Crippen molar-refractivity contribution in [2.75, 3.05) is 0 Å². The molecule has 1 aliphatic heterocycles. The molecule has 1 aliphatic rings. The molecule has 1 aromatic rings. The largest absolute Gasteiger partial charge is 0.459 e. The van der Waals surface area contributed by atoms with Crippen molar-refractivity contribution in [3.05, 3.63) is 41.3 Å². The number of rotatable bonds is 2. The molecule has 2 nitrogen and oxygen atoms in total. The highest BCUT2D eigenvalue weighted by molar-refractivity contribution is 8.02. The molecule has 1 unspecified atom stereocenters. The summed E-state index contributed by atoms with van der Waals surface area (Å²) in [5.74, 6) is -0.175. The number of cyclic esters (lactones) is 1. The molecule has 0 radical (unpaired) electrons. The summed E-state index contributed by atoms with van der Waals surface area (Å²) in [5.41, 5.74) is 0.774. The molecule has 0 N–H and O–H groups in total. The maximum absolute atomic E-state index is 11.3. The van der Waals surface area contributed by atoms with E-state index in [0.717, 1.165) is 16.9 Å². The summed E-state index contributed by atoms with van der Waals surface area (Å²) in [7, 11) is 0. The lowest BCUT2D eigenvalue weighted by Crippen LogP contribution is -1.99. The Kier molecular flexibility index (Phi) is 3.11. The molecule has 0 amide bonds. The first kappa shape index (κ1) is 10.3. The predicted molar refractivity (Wildman–Crippen MR) is 60.6 cm³/mol. The summed E-state index contributed by atoms with van der Waals surface area (Å²) in [6, 6.07) is 9.98. The maximum atomic E-state index is 11.3. The summed E-state index contributed by atoms with van der Waals surface area (Å²) in [6.07, 6.45) is 0.749. The molecule has 3 heteroatoms. The van der Waals surface area contributed by atoms with E-state index in [1.54, 1.807) is 11.8 Å². The number of hydrogen-bond acceptors (Lipinski definition) is 3. The van der Waals surface area contributed by atoms with Gasteiger partial charge in [0.15, 0.2) is 0 Å². The van der Waals surface area contributed by atoms with Gasteiger partial charge in [0.25, 0.3) is 0 Å². The van der Waals surface area contributed by atoms with Crippen molar-refractivity contribution < 1.29 is 9.53 Å². The maximum Gasteiger partial charge on any atom is 0.334 e. The topological polar surface area (TPSA) is 26.3 Å². The third-order valence-corrected chi connectivity index (χ3v) is 3.10. The Hall–Kier alpha value is -1.22. The van der Waals surface area contributed by atoms with Crippen molar-refractivity contribution in [1.82, 2.24) is 0 Å². The second-order valence-electron chi connectivity index (χ2n) is 3.49. The summed E-state index contributed by atoms with van der Waals surface area (Å²) >= 11 is 1.56. The second kappa shape index (κ2) is 4.53. The second-order valence-corrected chi connectivity index (χ2v) is 4.44. The fourth-order valence-electron chi connectivity index (χ4n) is 1.43. The first-order chi connectivity index (χ1) is 7.25. The Balaban J connectivity index is 2.03. The van der Waals surface area contributed by atoms with E-state index in [-0.39, 0.29) is 12.1 Å². The highest BCUT2D eigenvalue weighted by Gasteiger charge is 2.24. The average molecular weight is 220 g/mol. The van der Waals surface area contributed by atoms with Gasteiger partial charge in [-0.3, -0.25) is 0 Å². The molecule has 0 spiro atoms. The summed E-state index contributed by atoms with van der Waals surface area (Å²) in [5, 5.41) is 1.89. The molecule has 0 aliphatic carbocycles. The van der Waals surface area contributed by atoms with Gasteiger partial charge in [0.05, 0.1) is 0 Å². The van der Waals surface area contributed by atoms with Crippen molar-refractivity contribution in [2.45, 2.75) is 24.3 Å². The van der Waals surface area contributed by atoms with E-state index >= 15 is 0 Å². The van der Waals surface area contributed by atoms with E-state index in [4.69, 9.17) is 4.74 Å². The van der Waals surface area contributed by atoms with Crippen molar-refractivity contribution in [3.63, 3.8) is 0 Å². The Labute approximate surface area is 93.3 Å². The van der Waals surface area contributed by atoms with E-state index < -0.39 is 0 Å². The highest BCUT2D eigenvalue weighted by Crippen LogP contribution is 2.26. The molecule has 0 aromatic heterocycles. The Morgan fingerprint density at radius 1 is 1.40 bits per heavy atom. The fraction of sp³-hybridized carbons (Fsp3) is 0.250. The van der Waals surface area contributed by atoms with E-state index in [1.165, 1.54) is 0 Å². The van der Waals surface area contributed by atoms with Gasteiger partial charge < -0.3 is 4.74 Å². The average Bonchev–Trinajstić information content (AvgIpc) is 2.56. The number of ether oxygens (including phenoxy) is 1. The standard InChI is InChI=1S/C12H12O2S/c1-9-7-10(12(13)14-9)8-15-11-5-3-2-4-6-11/h2-6,8-9H,7H2,1H3/b10-8-. The van der Waals surface area contributed by atoms with Crippen LogP contribution in [0.2, 0.25) is 0 Å². The van der Waals surface area contributed by atoms with Crippen molar-refractivity contribution in [2.24, 2.45) is 0 Å². The molecule has 1 fully saturated rings. The van der Waals surface area contributed by atoms with Crippen LogP contribution < -0.4 is 0 Å². The number of thioether (sulfide) groups is 1. The quantitative estimate of drug-likeness (QED) is 0.435. The van der Waals surface area contributed by atoms with Gasteiger partial charge in [0.2, 0.25) is 0 Å². The zero-order valence-corrected chi connectivity index (χ0v) is 9.29. The van der Waals surface area contributed by atoms with Crippen LogP contribution in [0.1, 0.15) is 13.3 Å². The van der Waals surface area contributed by atoms with Gasteiger partial charge in [0.1, 0.15) is 6.10 Å². The van der Waals surface area contributed by atoms with Gasteiger partial charge in [-0.05, 0) is 24.5 Å². The first-order valence-corrected chi connectivity index (χ1v) is 5.75. The highest BCUT2D eigenvalue weighted by atomic mass is 32.2. The smallest absolute Gasteiger partial charge is 0.334 e. The van der Waals surface area contributed by atoms with Crippen molar-refractivity contribution in [3.8, 4) is 0 Å². The van der Waals surface area contributed by atoms with Crippen LogP contribution in [0.5, 0.6) is 0 Å². The van der Waals surface area contributed by atoms with Gasteiger partial charge in [-0.15, -0.1) is 0 Å². The number of carbonyl (C=O) groups is 1. The third-order valence-electron chi connectivity index (χ3n) is 2.16. The Morgan fingerprint density at radius 3 is 2.73 bits per heavy atom. The molecule has 1 aromatic carbocycles. The van der Waals surface area contributed by atoms with E-state index in [1.807, 2.05) is 42.7 Å². The fourth-order valence-corrected chi connectivity index (χ4v) is 2.21. The molecule has 0 saturated carbocycles. The van der Waals surface area contributed by atoms with Crippen LogP contribution in [0, 0.1) is 0 Å². The molecule has 15 heavy (non-hydrogen) atoms. The molecular weight excluding hydrogens is 208 g/mol. The van der Waals surface area contributed by atoms with Gasteiger partial charge in [-0.2, -0.15) is 0 Å². The normalized spacial score (nSPS) is 23.1. The molecule has 78 valence electrons. The van der Waals surface area contributed by atoms with Crippen LogP contribution in [-0.2, 0) is 9.53 Å². The minimum atomic E-state index is -0.175. The lowest BCUT2D eigenvalue weighted by atomic mass is 10.2. The third kappa shape index (κ3) is 2.63. The zero-order valence-electron chi connectivity index (χ0n) is 8.47. The van der Waals surface area contributed by atoms with Gasteiger partial charge in [-0.25, -0.2) is 4.79 Å². The Bertz CT molecular complexity index is 384. The SMILES string of the molecule is CC1C/C(=C/Sc2ccccc2)C(=O)O1. The number of carbonyl (C=O) groups excluding carboxylic acids is 1. The summed E-state index contributed by atoms with van der Waals surface area (Å²) in [6.45, 7) is 1.91. The van der Waals surface area contributed by atoms with E-state index in [2.05, 4.69) is 0 Å². The van der Waals surface area contributed by atoms with E-state index in [9.17, 15) is 4.79 Å². The van der Waals surface area contributed by atoms with Gasteiger partial charge in [0, 0.05) is 16.9 Å². The number of benzene rings is 1. The molecule has 1 heterocycles. The first-order valence-electron chi connectivity index (χ1n) is 4.87. The lowest BCUT2D eigenvalue weighted by Gasteiger charge is -1.95. The minimum absolute atomic E-state index is 0.0279. The van der Waals surface area contributed by atoms with Crippen LogP contribution in [0.4, 0.5) is 0 Å². The van der Waals surface area contributed by atoms with Crippen molar-refractivity contribution >= 4 is 17.7 Å².